The van der Waals surface area contributed by atoms with E-state index in [0.717, 1.165) is 4.90 Å². The molecule has 0 aromatic heterocycles. The number of benzene rings is 1. The number of carbonyl (C=O) groups is 2. The molecule has 0 saturated heterocycles. The molecule has 1 aromatic rings. The lowest BCUT2D eigenvalue weighted by molar-refractivity contribution is -0.192. The van der Waals surface area contributed by atoms with Gasteiger partial charge in [-0.2, -0.15) is 13.2 Å². The van der Waals surface area contributed by atoms with Gasteiger partial charge >= 0.3 is 12.1 Å². The van der Waals surface area contributed by atoms with Gasteiger partial charge in [0, 0.05) is 6.04 Å². The molecule has 1 aromatic carbocycles. The van der Waals surface area contributed by atoms with Crippen molar-refractivity contribution < 1.29 is 27.9 Å². The van der Waals surface area contributed by atoms with Crippen LogP contribution < -0.4 is 5.73 Å². The third-order valence-corrected chi connectivity index (χ3v) is 4.81. The maximum Gasteiger partial charge on any atom is 0.471 e. The number of nitrogens with two attached hydrogens (primary N) is 1. The minimum atomic E-state index is -5.00. The molecule has 2 rings (SSSR count). The second kappa shape index (κ2) is 7.03. The number of nitrogens with zero attached hydrogens (tertiary/aromatic N) is 1. The molecule has 0 spiro atoms. The highest BCUT2D eigenvalue weighted by Gasteiger charge is 2.48. The Bertz CT molecular complexity index is 626. The molecule has 0 heterocycles. The number of rotatable bonds is 4. The molecule has 8 heteroatoms. The Morgan fingerprint density at radius 1 is 1.24 bits per heavy atom. The van der Waals surface area contributed by atoms with Gasteiger partial charge in [-0.3, -0.25) is 9.59 Å². The van der Waals surface area contributed by atoms with Crippen molar-refractivity contribution in [2.24, 2.45) is 5.73 Å². The van der Waals surface area contributed by atoms with Crippen molar-refractivity contribution in [2.75, 3.05) is 0 Å². The summed E-state index contributed by atoms with van der Waals surface area (Å²) in [5.74, 6) is -2.81. The Hall–Kier alpha value is -2.09. The molecule has 0 unspecified atom stereocenters. The van der Waals surface area contributed by atoms with Gasteiger partial charge in [0.15, 0.2) is 0 Å². The highest BCUT2D eigenvalue weighted by molar-refractivity contribution is 5.84. The smallest absolute Gasteiger partial charge is 0.380 e. The van der Waals surface area contributed by atoms with Crippen LogP contribution in [0, 0.1) is 0 Å². The van der Waals surface area contributed by atoms with Gasteiger partial charge in [-0.05, 0) is 38.2 Å². The predicted molar refractivity (Wildman–Crippen MR) is 84.2 cm³/mol. The maximum atomic E-state index is 13.1. The van der Waals surface area contributed by atoms with Crippen molar-refractivity contribution in [3.05, 3.63) is 35.9 Å². The Morgan fingerprint density at radius 2 is 1.76 bits per heavy atom. The largest absolute Gasteiger partial charge is 0.471 e. The predicted octanol–water partition coefficient (Wildman–Crippen LogP) is 2.30. The van der Waals surface area contributed by atoms with Gasteiger partial charge in [0.2, 0.25) is 5.91 Å². The van der Waals surface area contributed by atoms with Gasteiger partial charge in [0.25, 0.3) is 0 Å². The molecule has 2 amide bonds. The van der Waals surface area contributed by atoms with Gasteiger partial charge in [0.05, 0.1) is 6.04 Å². The van der Waals surface area contributed by atoms with E-state index >= 15 is 0 Å². The van der Waals surface area contributed by atoms with Crippen molar-refractivity contribution in [1.82, 2.24) is 4.90 Å². The summed E-state index contributed by atoms with van der Waals surface area (Å²) in [7, 11) is 0. The maximum absolute atomic E-state index is 13.1. The first kappa shape index (κ1) is 19.2. The van der Waals surface area contributed by atoms with E-state index in [1.54, 1.807) is 30.3 Å². The number of hydrogen-bond donors (Lipinski definition) is 2. The Kier molecular flexibility index (Phi) is 5.41. The number of alkyl halides is 3. The van der Waals surface area contributed by atoms with Crippen LogP contribution in [-0.4, -0.2) is 39.6 Å². The van der Waals surface area contributed by atoms with Crippen LogP contribution in [0.25, 0.3) is 0 Å². The van der Waals surface area contributed by atoms with Crippen molar-refractivity contribution in [3.63, 3.8) is 0 Å². The summed E-state index contributed by atoms with van der Waals surface area (Å²) in [6, 6.07) is 6.90. The molecule has 1 saturated carbocycles. The fourth-order valence-corrected chi connectivity index (χ4v) is 3.30. The first-order valence-electron chi connectivity index (χ1n) is 8.03. The van der Waals surface area contributed by atoms with Crippen molar-refractivity contribution in [3.8, 4) is 0 Å². The lowest BCUT2D eigenvalue weighted by atomic mass is 9.80. The molecular weight excluding hydrogens is 337 g/mol. The van der Waals surface area contributed by atoms with Crippen LogP contribution >= 0.6 is 0 Å². The van der Waals surface area contributed by atoms with E-state index < -0.39 is 35.7 Å². The lowest BCUT2D eigenvalue weighted by Gasteiger charge is -2.42. The van der Waals surface area contributed by atoms with Gasteiger partial charge in [-0.25, -0.2) is 0 Å². The normalized spacial score (nSPS) is 25.2. The molecule has 1 aliphatic carbocycles. The number of halogens is 3. The molecule has 0 radical (unpaired) electrons. The quantitative estimate of drug-likeness (QED) is 0.866. The molecular formula is C17H21F3N2O3. The Labute approximate surface area is 143 Å². The zero-order chi connectivity index (χ0) is 18.8. The van der Waals surface area contributed by atoms with Gasteiger partial charge < -0.3 is 15.7 Å². The minimum Gasteiger partial charge on any atom is -0.380 e. The molecule has 1 aliphatic rings. The second-order valence-electron chi connectivity index (χ2n) is 6.42. The van der Waals surface area contributed by atoms with Crippen LogP contribution in [0.5, 0.6) is 0 Å². The molecule has 5 nitrogen and oxygen atoms in total. The molecule has 0 bridgehead atoms. The van der Waals surface area contributed by atoms with Crippen molar-refractivity contribution >= 4 is 11.8 Å². The molecule has 1 atom stereocenters. The number of carbonyl (C=O) groups excluding carboxylic acids is 2. The van der Waals surface area contributed by atoms with Crippen LogP contribution in [0.3, 0.4) is 0 Å². The lowest BCUT2D eigenvalue weighted by Crippen LogP contribution is -2.54. The molecule has 25 heavy (non-hydrogen) atoms. The summed E-state index contributed by atoms with van der Waals surface area (Å²) in [5.41, 5.74) is 4.01. The van der Waals surface area contributed by atoms with Crippen molar-refractivity contribution in [1.29, 1.82) is 0 Å². The van der Waals surface area contributed by atoms with E-state index in [1.165, 1.54) is 6.92 Å². The number of hydrogen-bond acceptors (Lipinski definition) is 3. The SMILES string of the molecule is C[C@@H](c1ccccc1)N(C(=O)C(F)(F)F)C1CCC(O)(C(N)=O)CC1. The summed E-state index contributed by atoms with van der Waals surface area (Å²) in [6.07, 6.45) is -5.01. The molecule has 138 valence electrons. The third-order valence-electron chi connectivity index (χ3n) is 4.81. The fraction of sp³-hybridized carbons (Fsp3) is 0.529. The van der Waals surface area contributed by atoms with Crippen molar-refractivity contribution in [2.45, 2.75) is 56.5 Å². The summed E-state index contributed by atoms with van der Waals surface area (Å²) >= 11 is 0. The Balaban J connectivity index is 2.27. The van der Waals surface area contributed by atoms with E-state index in [-0.39, 0.29) is 25.7 Å². The van der Waals surface area contributed by atoms with Gasteiger partial charge in [-0.1, -0.05) is 30.3 Å². The van der Waals surface area contributed by atoms with E-state index in [0.29, 0.717) is 5.56 Å². The van der Waals surface area contributed by atoms with Crippen LogP contribution in [-0.2, 0) is 9.59 Å². The second-order valence-corrected chi connectivity index (χ2v) is 6.42. The standard InChI is InChI=1S/C17H21F3N2O3/c1-11(12-5-3-2-4-6-12)22(15(24)17(18,19)20)13-7-9-16(25,10-8-13)14(21)23/h2-6,11,13,25H,7-10H2,1H3,(H2,21,23)/t11-,13?,16?/m0/s1. The zero-order valence-electron chi connectivity index (χ0n) is 13.8. The van der Waals surface area contributed by atoms with E-state index in [2.05, 4.69) is 0 Å². The highest BCUT2D eigenvalue weighted by atomic mass is 19.4. The van der Waals surface area contributed by atoms with E-state index in [4.69, 9.17) is 5.73 Å². The molecule has 1 fully saturated rings. The van der Waals surface area contributed by atoms with Gasteiger partial charge in [0.1, 0.15) is 5.60 Å². The Morgan fingerprint density at radius 3 is 2.20 bits per heavy atom. The number of amides is 2. The van der Waals surface area contributed by atoms with Crippen LogP contribution in [0.4, 0.5) is 13.2 Å². The first-order chi connectivity index (χ1) is 11.6. The monoisotopic (exact) mass is 358 g/mol. The van der Waals surface area contributed by atoms with Gasteiger partial charge in [-0.15, -0.1) is 0 Å². The number of primary amides is 1. The fourth-order valence-electron chi connectivity index (χ4n) is 3.30. The minimum absolute atomic E-state index is 0.0679. The average Bonchev–Trinajstić information content (AvgIpc) is 2.56. The molecule has 0 aliphatic heterocycles. The first-order valence-corrected chi connectivity index (χ1v) is 8.03. The average molecular weight is 358 g/mol. The molecule has 3 N–H and O–H groups in total. The zero-order valence-corrected chi connectivity index (χ0v) is 13.8. The van der Waals surface area contributed by atoms with Crippen LogP contribution in [0.1, 0.15) is 44.2 Å². The topological polar surface area (TPSA) is 83.6 Å². The highest BCUT2D eigenvalue weighted by Crippen LogP contribution is 2.37. The summed E-state index contributed by atoms with van der Waals surface area (Å²) in [6.45, 7) is 1.54. The summed E-state index contributed by atoms with van der Waals surface area (Å²) in [4.78, 5) is 24.1. The van der Waals surface area contributed by atoms with Crippen LogP contribution in [0.2, 0.25) is 0 Å². The third kappa shape index (κ3) is 4.12. The summed E-state index contributed by atoms with van der Waals surface area (Å²) in [5, 5.41) is 10.1. The van der Waals surface area contributed by atoms with E-state index in [9.17, 15) is 27.9 Å². The van der Waals surface area contributed by atoms with E-state index in [1.807, 2.05) is 0 Å². The summed E-state index contributed by atoms with van der Waals surface area (Å²) < 4.78 is 39.3. The van der Waals surface area contributed by atoms with Crippen LogP contribution in [0.15, 0.2) is 30.3 Å². The number of aliphatic hydroxyl groups is 1.